The topological polar surface area (TPSA) is 65.6 Å². The van der Waals surface area contributed by atoms with Crippen molar-refractivity contribution in [2.45, 2.75) is 10.9 Å². The molecule has 27 heavy (non-hydrogen) atoms. The maximum atomic E-state index is 12.5. The van der Waals surface area contributed by atoms with Crippen LogP contribution in [-0.2, 0) is 19.8 Å². The van der Waals surface area contributed by atoms with Crippen LogP contribution in [0.3, 0.4) is 0 Å². The van der Waals surface area contributed by atoms with E-state index in [1.807, 2.05) is 54.1 Å². The highest BCUT2D eigenvalue weighted by Gasteiger charge is 2.13. The molecular formula is C19H16ClN5OS. The Morgan fingerprint density at radius 1 is 1.00 bits per heavy atom. The van der Waals surface area contributed by atoms with E-state index < -0.39 is 0 Å². The van der Waals surface area contributed by atoms with Crippen LogP contribution in [0.25, 0.3) is 22.3 Å². The lowest BCUT2D eigenvalue weighted by atomic mass is 10.2. The number of fused-ring (bicyclic) bond motifs is 1. The van der Waals surface area contributed by atoms with E-state index in [0.29, 0.717) is 27.5 Å². The third kappa shape index (κ3) is 3.36. The van der Waals surface area contributed by atoms with Crippen molar-refractivity contribution in [1.29, 1.82) is 0 Å². The first-order valence-electron chi connectivity index (χ1n) is 8.27. The Hall–Kier alpha value is -2.64. The van der Waals surface area contributed by atoms with Crippen molar-refractivity contribution >= 4 is 34.3 Å². The fraction of sp³-hybridized carbons (Fsp3) is 0.158. The summed E-state index contributed by atoms with van der Waals surface area (Å²) >= 11 is 7.44. The minimum atomic E-state index is -0.0454. The van der Waals surface area contributed by atoms with E-state index in [0.717, 1.165) is 16.5 Å². The van der Waals surface area contributed by atoms with E-state index in [-0.39, 0.29) is 5.56 Å². The van der Waals surface area contributed by atoms with Gasteiger partial charge in [0.15, 0.2) is 11.0 Å². The SMILES string of the molecule is Cn1c(SCc2nc3ccccc3c(=O)n2C)nnc1-c1ccc(Cl)cc1. The second kappa shape index (κ2) is 7.17. The second-order valence-corrected chi connectivity index (χ2v) is 7.45. The Labute approximate surface area is 164 Å². The molecule has 4 rings (SSSR count). The van der Waals surface area contributed by atoms with Crippen LogP contribution in [0.5, 0.6) is 0 Å². The summed E-state index contributed by atoms with van der Waals surface area (Å²) in [4.78, 5) is 17.1. The fourth-order valence-electron chi connectivity index (χ4n) is 2.81. The smallest absolute Gasteiger partial charge is 0.261 e. The average molecular weight is 398 g/mol. The normalized spacial score (nSPS) is 11.2. The summed E-state index contributed by atoms with van der Waals surface area (Å²) in [7, 11) is 3.66. The van der Waals surface area contributed by atoms with Gasteiger partial charge in [-0.3, -0.25) is 9.36 Å². The molecule has 0 atom stereocenters. The third-order valence-corrected chi connectivity index (χ3v) is 5.61. The van der Waals surface area contributed by atoms with E-state index in [9.17, 15) is 4.79 Å². The molecule has 0 bridgehead atoms. The zero-order valence-corrected chi connectivity index (χ0v) is 16.3. The highest BCUT2D eigenvalue weighted by Crippen LogP contribution is 2.25. The van der Waals surface area contributed by atoms with Gasteiger partial charge < -0.3 is 4.57 Å². The van der Waals surface area contributed by atoms with E-state index in [2.05, 4.69) is 15.2 Å². The molecule has 2 aromatic carbocycles. The van der Waals surface area contributed by atoms with Crippen LogP contribution in [0.2, 0.25) is 5.02 Å². The van der Waals surface area contributed by atoms with Crippen LogP contribution < -0.4 is 5.56 Å². The van der Waals surface area contributed by atoms with E-state index in [4.69, 9.17) is 11.6 Å². The van der Waals surface area contributed by atoms with Gasteiger partial charge in [-0.1, -0.05) is 35.5 Å². The molecule has 8 heteroatoms. The van der Waals surface area contributed by atoms with Crippen LogP contribution >= 0.6 is 23.4 Å². The summed E-state index contributed by atoms with van der Waals surface area (Å²) in [5, 5.41) is 10.6. The Kier molecular flexibility index (Phi) is 4.72. The first kappa shape index (κ1) is 17.8. The average Bonchev–Trinajstić information content (AvgIpc) is 3.05. The molecule has 0 aliphatic carbocycles. The van der Waals surface area contributed by atoms with Crippen molar-refractivity contribution in [3.8, 4) is 11.4 Å². The molecule has 2 aromatic heterocycles. The Bertz CT molecular complexity index is 1180. The first-order chi connectivity index (χ1) is 13.0. The van der Waals surface area contributed by atoms with Crippen LogP contribution in [0.4, 0.5) is 0 Å². The molecule has 136 valence electrons. The summed E-state index contributed by atoms with van der Waals surface area (Å²) in [6.07, 6.45) is 0. The Morgan fingerprint density at radius 2 is 1.74 bits per heavy atom. The van der Waals surface area contributed by atoms with Crippen molar-refractivity contribution < 1.29 is 0 Å². The van der Waals surface area contributed by atoms with Gasteiger partial charge in [0.1, 0.15) is 5.82 Å². The lowest BCUT2D eigenvalue weighted by Crippen LogP contribution is -2.21. The molecule has 0 aliphatic rings. The molecular weight excluding hydrogens is 382 g/mol. The van der Waals surface area contributed by atoms with Crippen molar-refractivity contribution in [3.05, 3.63) is 69.7 Å². The third-order valence-electron chi connectivity index (χ3n) is 4.34. The summed E-state index contributed by atoms with van der Waals surface area (Å²) in [6, 6.07) is 14.9. The van der Waals surface area contributed by atoms with Gasteiger partial charge in [0.05, 0.1) is 16.7 Å². The van der Waals surface area contributed by atoms with Crippen LogP contribution in [0, 0.1) is 0 Å². The molecule has 0 radical (unpaired) electrons. The number of nitrogens with zero attached hydrogens (tertiary/aromatic N) is 5. The largest absolute Gasteiger partial charge is 0.305 e. The monoisotopic (exact) mass is 397 g/mol. The zero-order chi connectivity index (χ0) is 19.0. The number of rotatable bonds is 4. The summed E-state index contributed by atoms with van der Waals surface area (Å²) in [5.74, 6) is 1.97. The molecule has 0 aliphatic heterocycles. The molecule has 2 heterocycles. The maximum absolute atomic E-state index is 12.5. The van der Waals surface area contributed by atoms with E-state index in [1.54, 1.807) is 17.7 Å². The van der Waals surface area contributed by atoms with Crippen molar-refractivity contribution in [1.82, 2.24) is 24.3 Å². The predicted octanol–water partition coefficient (Wildman–Crippen LogP) is 3.67. The molecule has 0 fully saturated rings. The first-order valence-corrected chi connectivity index (χ1v) is 9.64. The number of thioether (sulfide) groups is 1. The molecule has 4 aromatic rings. The molecule has 0 saturated carbocycles. The Balaban J connectivity index is 1.61. The van der Waals surface area contributed by atoms with Crippen molar-refractivity contribution in [2.24, 2.45) is 14.1 Å². The van der Waals surface area contributed by atoms with Gasteiger partial charge in [-0.15, -0.1) is 10.2 Å². The number of hydrogen-bond acceptors (Lipinski definition) is 5. The van der Waals surface area contributed by atoms with E-state index in [1.165, 1.54) is 11.8 Å². The summed E-state index contributed by atoms with van der Waals surface area (Å²) in [5.41, 5.74) is 1.60. The molecule has 0 unspecified atom stereocenters. The highest BCUT2D eigenvalue weighted by molar-refractivity contribution is 7.98. The summed E-state index contributed by atoms with van der Waals surface area (Å²) in [6.45, 7) is 0. The number of benzene rings is 2. The molecule has 0 spiro atoms. The second-order valence-electron chi connectivity index (χ2n) is 6.07. The van der Waals surface area contributed by atoms with Crippen LogP contribution in [0.15, 0.2) is 58.5 Å². The van der Waals surface area contributed by atoms with Gasteiger partial charge in [0.2, 0.25) is 0 Å². The number of aromatic nitrogens is 5. The van der Waals surface area contributed by atoms with Gasteiger partial charge in [0.25, 0.3) is 5.56 Å². The van der Waals surface area contributed by atoms with E-state index >= 15 is 0 Å². The van der Waals surface area contributed by atoms with Crippen molar-refractivity contribution in [2.75, 3.05) is 0 Å². The predicted molar refractivity (Wildman–Crippen MR) is 108 cm³/mol. The standard InChI is InChI=1S/C19H16ClN5OS/c1-24-16(21-15-6-4-3-5-14(15)18(24)26)11-27-19-23-22-17(25(19)2)12-7-9-13(20)10-8-12/h3-10H,11H2,1-2H3. The van der Waals surface area contributed by atoms with Gasteiger partial charge in [-0.25, -0.2) is 4.98 Å². The number of hydrogen-bond donors (Lipinski definition) is 0. The molecule has 0 N–H and O–H groups in total. The lowest BCUT2D eigenvalue weighted by molar-refractivity contribution is 0.773. The number of halogens is 1. The zero-order valence-electron chi connectivity index (χ0n) is 14.8. The quantitative estimate of drug-likeness (QED) is 0.491. The van der Waals surface area contributed by atoms with Crippen LogP contribution in [-0.4, -0.2) is 24.3 Å². The van der Waals surface area contributed by atoms with Gasteiger partial charge >= 0.3 is 0 Å². The number of para-hydroxylation sites is 1. The van der Waals surface area contributed by atoms with Gasteiger partial charge in [0, 0.05) is 24.7 Å². The lowest BCUT2D eigenvalue weighted by Gasteiger charge is -2.09. The minimum absolute atomic E-state index is 0.0454. The fourth-order valence-corrected chi connectivity index (χ4v) is 3.83. The molecule has 6 nitrogen and oxygen atoms in total. The van der Waals surface area contributed by atoms with Gasteiger partial charge in [-0.2, -0.15) is 0 Å². The molecule has 0 amide bonds. The maximum Gasteiger partial charge on any atom is 0.261 e. The summed E-state index contributed by atoms with van der Waals surface area (Å²) < 4.78 is 3.51. The van der Waals surface area contributed by atoms with Crippen molar-refractivity contribution in [3.63, 3.8) is 0 Å². The molecule has 0 saturated heterocycles. The highest BCUT2D eigenvalue weighted by atomic mass is 35.5. The Morgan fingerprint density at radius 3 is 2.52 bits per heavy atom. The van der Waals surface area contributed by atoms with Gasteiger partial charge in [-0.05, 0) is 36.4 Å². The minimum Gasteiger partial charge on any atom is -0.305 e. The van der Waals surface area contributed by atoms with Crippen LogP contribution in [0.1, 0.15) is 5.82 Å².